The molecule has 3 rings (SSSR count). The van der Waals surface area contributed by atoms with Gasteiger partial charge in [-0.3, -0.25) is 0 Å². The predicted octanol–water partition coefficient (Wildman–Crippen LogP) is 4.79. The third-order valence-electron chi connectivity index (χ3n) is 4.24. The Labute approximate surface area is 129 Å². The van der Waals surface area contributed by atoms with Crippen LogP contribution in [0.25, 0.3) is 11.2 Å². The van der Waals surface area contributed by atoms with Gasteiger partial charge in [0.25, 0.3) is 0 Å². The average Bonchev–Trinajstić information content (AvgIpc) is 2.83. The van der Waals surface area contributed by atoms with Crippen LogP contribution < -0.4 is 0 Å². The fraction of sp³-hybridized carbons (Fsp3) is 0.600. The number of imidazole rings is 1. The minimum absolute atomic E-state index is 0.415. The molecule has 0 aromatic carbocycles. The first-order valence-electron chi connectivity index (χ1n) is 7.34. The smallest absolute Gasteiger partial charge is 0.160 e. The lowest BCUT2D eigenvalue weighted by Gasteiger charge is -2.21. The molecule has 0 saturated heterocycles. The van der Waals surface area contributed by atoms with Gasteiger partial charge in [0, 0.05) is 12.7 Å². The number of aryl methyl sites for hydroxylation is 1. The molecule has 3 nitrogen and oxygen atoms in total. The van der Waals surface area contributed by atoms with Gasteiger partial charge < -0.3 is 4.57 Å². The minimum Gasteiger partial charge on any atom is -0.312 e. The third kappa shape index (κ3) is 2.94. The highest BCUT2D eigenvalue weighted by atomic mass is 35.5. The van der Waals surface area contributed by atoms with Gasteiger partial charge >= 0.3 is 0 Å². The number of aromatic nitrogens is 3. The van der Waals surface area contributed by atoms with Crippen LogP contribution in [0, 0.1) is 5.92 Å². The van der Waals surface area contributed by atoms with Crippen molar-refractivity contribution in [3.05, 3.63) is 23.1 Å². The standard InChI is InChI=1S/C15H19Cl2N3/c16-9-14-19-13-8-12(17)10-18-15(13)20(14)7-6-11-4-2-1-3-5-11/h8,10-11H,1-7,9H2. The number of nitrogens with zero attached hydrogens (tertiary/aromatic N) is 3. The fourth-order valence-corrected chi connectivity index (χ4v) is 3.51. The van der Waals surface area contributed by atoms with E-state index in [9.17, 15) is 0 Å². The van der Waals surface area contributed by atoms with Crippen LogP contribution >= 0.6 is 23.2 Å². The van der Waals surface area contributed by atoms with Gasteiger partial charge in [0.2, 0.25) is 0 Å². The van der Waals surface area contributed by atoms with E-state index in [0.29, 0.717) is 10.9 Å². The molecule has 2 aromatic rings. The monoisotopic (exact) mass is 311 g/mol. The highest BCUT2D eigenvalue weighted by Gasteiger charge is 2.16. The Morgan fingerprint density at radius 3 is 2.80 bits per heavy atom. The lowest BCUT2D eigenvalue weighted by molar-refractivity contribution is 0.324. The van der Waals surface area contributed by atoms with Crippen LogP contribution in [0.3, 0.4) is 0 Å². The molecule has 1 aliphatic rings. The molecule has 1 aliphatic carbocycles. The summed E-state index contributed by atoms with van der Waals surface area (Å²) in [6.07, 6.45) is 9.76. The van der Waals surface area contributed by atoms with Crippen molar-refractivity contribution in [1.82, 2.24) is 14.5 Å². The summed E-state index contributed by atoms with van der Waals surface area (Å²) >= 11 is 12.0. The number of rotatable bonds is 4. The van der Waals surface area contributed by atoms with Gasteiger partial charge in [-0.15, -0.1) is 11.6 Å². The Kier molecular flexibility index (Phi) is 4.47. The zero-order chi connectivity index (χ0) is 13.9. The highest BCUT2D eigenvalue weighted by molar-refractivity contribution is 6.31. The zero-order valence-corrected chi connectivity index (χ0v) is 13.0. The molecule has 1 fully saturated rings. The molecule has 108 valence electrons. The topological polar surface area (TPSA) is 30.7 Å². The summed E-state index contributed by atoms with van der Waals surface area (Å²) in [5.74, 6) is 2.16. The molecule has 0 spiro atoms. The van der Waals surface area contributed by atoms with Gasteiger partial charge in [0.05, 0.1) is 10.9 Å². The van der Waals surface area contributed by atoms with Crippen LogP contribution in [0.15, 0.2) is 12.3 Å². The predicted molar refractivity (Wildman–Crippen MR) is 83.3 cm³/mol. The first kappa shape index (κ1) is 14.2. The normalized spacial score (nSPS) is 16.9. The number of hydrogen-bond donors (Lipinski definition) is 0. The van der Waals surface area contributed by atoms with Crippen LogP contribution in [0.1, 0.15) is 44.3 Å². The maximum absolute atomic E-state index is 6.02. The second kappa shape index (κ2) is 6.31. The molecule has 5 heteroatoms. The van der Waals surface area contributed by atoms with E-state index >= 15 is 0 Å². The van der Waals surface area contributed by atoms with Crippen molar-refractivity contribution in [1.29, 1.82) is 0 Å². The van der Waals surface area contributed by atoms with Gasteiger partial charge in [-0.25, -0.2) is 9.97 Å². The largest absolute Gasteiger partial charge is 0.312 e. The number of alkyl halides is 1. The third-order valence-corrected chi connectivity index (χ3v) is 4.68. The van der Waals surface area contributed by atoms with Crippen LogP contribution in [-0.2, 0) is 12.4 Å². The van der Waals surface area contributed by atoms with Crippen molar-refractivity contribution in [3.63, 3.8) is 0 Å². The summed E-state index contributed by atoms with van der Waals surface area (Å²) in [6, 6.07) is 1.86. The Balaban J connectivity index is 1.81. The average molecular weight is 312 g/mol. The molecular formula is C15H19Cl2N3. The first-order chi connectivity index (χ1) is 9.78. The Morgan fingerprint density at radius 1 is 1.25 bits per heavy atom. The Morgan fingerprint density at radius 2 is 2.05 bits per heavy atom. The summed E-state index contributed by atoms with van der Waals surface area (Å²) in [6.45, 7) is 0.956. The zero-order valence-electron chi connectivity index (χ0n) is 11.5. The SMILES string of the molecule is ClCc1nc2cc(Cl)cnc2n1CCC1CCCCC1. The Hall–Kier alpha value is -0.800. The molecule has 1 saturated carbocycles. The van der Waals surface area contributed by atoms with E-state index in [2.05, 4.69) is 14.5 Å². The number of halogens is 2. The molecule has 0 unspecified atom stereocenters. The summed E-state index contributed by atoms with van der Waals surface area (Å²) in [7, 11) is 0. The Bertz CT molecular complexity index is 588. The number of fused-ring (bicyclic) bond motifs is 1. The van der Waals surface area contributed by atoms with Crippen molar-refractivity contribution in [3.8, 4) is 0 Å². The summed E-state index contributed by atoms with van der Waals surface area (Å²) < 4.78 is 2.16. The van der Waals surface area contributed by atoms with Crippen molar-refractivity contribution < 1.29 is 0 Å². The van der Waals surface area contributed by atoms with E-state index in [1.807, 2.05) is 6.07 Å². The second-order valence-corrected chi connectivity index (χ2v) is 6.31. The van der Waals surface area contributed by atoms with Gasteiger partial charge in [0.15, 0.2) is 5.65 Å². The maximum Gasteiger partial charge on any atom is 0.160 e. The maximum atomic E-state index is 6.02. The van der Waals surface area contributed by atoms with Crippen LogP contribution in [0.4, 0.5) is 0 Å². The molecule has 0 radical (unpaired) electrons. The highest BCUT2D eigenvalue weighted by Crippen LogP contribution is 2.28. The van der Waals surface area contributed by atoms with Crippen LogP contribution in [0.2, 0.25) is 5.02 Å². The van der Waals surface area contributed by atoms with E-state index in [4.69, 9.17) is 23.2 Å². The van der Waals surface area contributed by atoms with Gasteiger partial charge in [-0.2, -0.15) is 0 Å². The van der Waals surface area contributed by atoms with Crippen molar-refractivity contribution >= 4 is 34.4 Å². The minimum atomic E-state index is 0.415. The van der Waals surface area contributed by atoms with Gasteiger partial charge in [0.1, 0.15) is 11.3 Å². The van der Waals surface area contributed by atoms with E-state index in [1.165, 1.54) is 38.5 Å². The summed E-state index contributed by atoms with van der Waals surface area (Å²) in [4.78, 5) is 8.96. The van der Waals surface area contributed by atoms with Crippen LogP contribution in [-0.4, -0.2) is 14.5 Å². The van der Waals surface area contributed by atoms with Crippen molar-refractivity contribution in [2.24, 2.45) is 5.92 Å². The lowest BCUT2D eigenvalue weighted by atomic mass is 9.87. The van der Waals surface area contributed by atoms with E-state index in [0.717, 1.165) is 29.5 Å². The molecular weight excluding hydrogens is 293 g/mol. The number of hydrogen-bond acceptors (Lipinski definition) is 2. The van der Waals surface area contributed by atoms with Gasteiger partial charge in [-0.05, 0) is 18.4 Å². The molecule has 0 atom stereocenters. The quantitative estimate of drug-likeness (QED) is 0.760. The summed E-state index contributed by atoms with van der Waals surface area (Å²) in [5.41, 5.74) is 1.75. The van der Waals surface area contributed by atoms with E-state index in [1.54, 1.807) is 6.20 Å². The van der Waals surface area contributed by atoms with E-state index < -0.39 is 0 Å². The van der Waals surface area contributed by atoms with E-state index in [-0.39, 0.29) is 0 Å². The van der Waals surface area contributed by atoms with Crippen molar-refractivity contribution in [2.75, 3.05) is 0 Å². The second-order valence-electron chi connectivity index (χ2n) is 5.60. The fourth-order valence-electron chi connectivity index (χ4n) is 3.16. The molecule has 0 N–H and O–H groups in total. The molecule has 0 amide bonds. The molecule has 0 bridgehead atoms. The van der Waals surface area contributed by atoms with Gasteiger partial charge in [-0.1, -0.05) is 43.7 Å². The molecule has 2 heterocycles. The molecule has 20 heavy (non-hydrogen) atoms. The molecule has 0 aliphatic heterocycles. The first-order valence-corrected chi connectivity index (χ1v) is 8.26. The molecule has 2 aromatic heterocycles. The lowest BCUT2D eigenvalue weighted by Crippen LogP contribution is -2.11. The van der Waals surface area contributed by atoms with Crippen LogP contribution in [0.5, 0.6) is 0 Å². The number of pyridine rings is 1. The summed E-state index contributed by atoms with van der Waals surface area (Å²) in [5, 5.41) is 0.621. The van der Waals surface area contributed by atoms with Crippen molar-refractivity contribution in [2.45, 2.75) is 50.9 Å².